The van der Waals surface area contributed by atoms with Crippen molar-refractivity contribution in [2.75, 3.05) is 10.2 Å². The number of carbonyl (C=O) groups excluding carboxylic acids is 1. The Balaban J connectivity index is 2.21. The van der Waals surface area contributed by atoms with Gasteiger partial charge in [-0.3, -0.25) is 15.4 Å². The minimum absolute atomic E-state index is 0.0995. The molecule has 0 aliphatic carbocycles. The summed E-state index contributed by atoms with van der Waals surface area (Å²) in [6, 6.07) is 11.5. The van der Waals surface area contributed by atoms with E-state index in [9.17, 15) is 14.7 Å². The lowest BCUT2D eigenvalue weighted by atomic mass is 10.1. The number of nitrogens with one attached hydrogen (secondary N) is 1. The summed E-state index contributed by atoms with van der Waals surface area (Å²) < 4.78 is 0. The van der Waals surface area contributed by atoms with Crippen LogP contribution in [0.15, 0.2) is 47.5 Å². The molecular weight excluding hydrogens is 322 g/mol. The summed E-state index contributed by atoms with van der Waals surface area (Å²) in [5.41, 5.74) is 13.6. The molecular formula is C17H17N5O3. The average molecular weight is 339 g/mol. The fraction of sp³-hybridized carbons (Fsp3) is 0.118. The van der Waals surface area contributed by atoms with E-state index in [2.05, 4.69) is 10.3 Å². The van der Waals surface area contributed by atoms with Crippen LogP contribution in [0.4, 0.5) is 11.4 Å². The lowest BCUT2D eigenvalue weighted by molar-refractivity contribution is -0.114. The molecule has 2 aromatic rings. The number of fused-ring (bicyclic) bond motifs is 1. The van der Waals surface area contributed by atoms with E-state index in [4.69, 9.17) is 11.5 Å². The topological polar surface area (TPSA) is 134 Å². The highest BCUT2D eigenvalue weighted by atomic mass is 16.4. The van der Waals surface area contributed by atoms with Gasteiger partial charge in [-0.15, -0.1) is 0 Å². The number of hydrogen-bond donors (Lipinski definition) is 4. The third-order valence-electron chi connectivity index (χ3n) is 3.79. The Kier molecular flexibility index (Phi) is 4.12. The number of nitrogens with two attached hydrogens (primary N) is 2. The third-order valence-corrected chi connectivity index (χ3v) is 3.79. The maximum absolute atomic E-state index is 11.4. The fourth-order valence-corrected chi connectivity index (χ4v) is 2.71. The van der Waals surface area contributed by atoms with Crippen LogP contribution in [0.1, 0.15) is 17.3 Å². The van der Waals surface area contributed by atoms with E-state index >= 15 is 0 Å². The van der Waals surface area contributed by atoms with Gasteiger partial charge in [0.2, 0.25) is 5.91 Å². The van der Waals surface area contributed by atoms with E-state index in [1.54, 1.807) is 35.2 Å². The zero-order valence-electron chi connectivity index (χ0n) is 13.4. The monoisotopic (exact) mass is 339 g/mol. The normalized spacial score (nSPS) is 16.0. The van der Waals surface area contributed by atoms with Crippen molar-refractivity contribution in [1.29, 1.82) is 0 Å². The Hall–Kier alpha value is -3.39. The lowest BCUT2D eigenvalue weighted by Gasteiger charge is -2.32. The molecule has 1 atom stereocenters. The smallest absolute Gasteiger partial charge is 0.335 e. The molecule has 6 N–H and O–H groups in total. The van der Waals surface area contributed by atoms with Crippen molar-refractivity contribution in [3.63, 3.8) is 0 Å². The van der Waals surface area contributed by atoms with Gasteiger partial charge in [0.25, 0.3) is 0 Å². The minimum atomic E-state index is -1.06. The summed E-state index contributed by atoms with van der Waals surface area (Å²) in [6.45, 7) is 1.40. The zero-order valence-corrected chi connectivity index (χ0v) is 13.4. The molecule has 0 saturated carbocycles. The molecule has 8 heteroatoms. The fourth-order valence-electron chi connectivity index (χ4n) is 2.71. The Morgan fingerprint density at radius 3 is 2.64 bits per heavy atom. The van der Waals surface area contributed by atoms with Gasteiger partial charge in [-0.05, 0) is 30.3 Å². The van der Waals surface area contributed by atoms with Gasteiger partial charge in [0.15, 0.2) is 6.29 Å². The Morgan fingerprint density at radius 1 is 1.24 bits per heavy atom. The molecule has 1 heterocycles. The number of rotatable bonds is 3. The highest BCUT2D eigenvalue weighted by Crippen LogP contribution is 2.29. The lowest BCUT2D eigenvalue weighted by Crippen LogP contribution is -2.52. The molecule has 0 spiro atoms. The van der Waals surface area contributed by atoms with Gasteiger partial charge in [0.05, 0.1) is 22.3 Å². The van der Waals surface area contributed by atoms with Crippen LogP contribution >= 0.6 is 0 Å². The maximum Gasteiger partial charge on any atom is 0.335 e. The number of aromatic carboxylic acids is 1. The molecule has 0 fully saturated rings. The van der Waals surface area contributed by atoms with Crippen molar-refractivity contribution >= 4 is 29.1 Å². The molecule has 0 saturated heterocycles. The summed E-state index contributed by atoms with van der Waals surface area (Å²) in [5, 5.41) is 12.9. The summed E-state index contributed by atoms with van der Waals surface area (Å²) >= 11 is 0. The summed E-state index contributed by atoms with van der Waals surface area (Å²) in [5.74, 6) is -1.03. The van der Waals surface area contributed by atoms with Crippen LogP contribution in [-0.2, 0) is 4.79 Å². The van der Waals surface area contributed by atoms with E-state index in [0.717, 1.165) is 0 Å². The molecule has 128 valence electrons. The van der Waals surface area contributed by atoms with Crippen molar-refractivity contribution in [2.45, 2.75) is 13.2 Å². The van der Waals surface area contributed by atoms with Gasteiger partial charge >= 0.3 is 5.97 Å². The number of amides is 1. The number of para-hydroxylation sites is 2. The largest absolute Gasteiger partial charge is 0.478 e. The van der Waals surface area contributed by atoms with E-state index in [0.29, 0.717) is 22.0 Å². The minimum Gasteiger partial charge on any atom is -0.478 e. The first-order valence-electron chi connectivity index (χ1n) is 7.51. The molecule has 8 nitrogen and oxygen atoms in total. The SMILES string of the molecule is CC(=O)Nc1ccccc1N1C(N)=c2cc(C(=O)O)ccc2=NC1N. The van der Waals surface area contributed by atoms with Gasteiger partial charge < -0.3 is 16.2 Å². The maximum atomic E-state index is 11.4. The van der Waals surface area contributed by atoms with Crippen LogP contribution < -0.4 is 32.3 Å². The number of benzene rings is 2. The van der Waals surface area contributed by atoms with Crippen molar-refractivity contribution in [3.05, 3.63) is 58.6 Å². The van der Waals surface area contributed by atoms with Crippen molar-refractivity contribution < 1.29 is 14.7 Å². The molecule has 1 aliphatic heterocycles. The van der Waals surface area contributed by atoms with Gasteiger partial charge in [0.1, 0.15) is 5.82 Å². The molecule has 1 aliphatic rings. The van der Waals surface area contributed by atoms with Gasteiger partial charge in [-0.1, -0.05) is 12.1 Å². The van der Waals surface area contributed by atoms with Crippen molar-refractivity contribution in [2.24, 2.45) is 16.5 Å². The number of carboxylic acid groups (broad SMARTS) is 1. The second-order valence-electron chi connectivity index (χ2n) is 5.53. The number of nitrogens with zero attached hydrogens (tertiary/aromatic N) is 2. The van der Waals surface area contributed by atoms with Gasteiger partial charge in [0, 0.05) is 12.1 Å². The molecule has 0 radical (unpaired) electrons. The second-order valence-corrected chi connectivity index (χ2v) is 5.53. The zero-order chi connectivity index (χ0) is 18.1. The highest BCUT2D eigenvalue weighted by Gasteiger charge is 2.24. The Bertz CT molecular complexity index is 986. The third kappa shape index (κ3) is 3.02. The summed E-state index contributed by atoms with van der Waals surface area (Å²) in [7, 11) is 0. The van der Waals surface area contributed by atoms with Gasteiger partial charge in [-0.25, -0.2) is 9.79 Å². The van der Waals surface area contributed by atoms with Crippen LogP contribution in [0, 0.1) is 0 Å². The molecule has 0 aromatic heterocycles. The first kappa shape index (κ1) is 16.5. The first-order valence-corrected chi connectivity index (χ1v) is 7.51. The van der Waals surface area contributed by atoms with Crippen LogP contribution in [0.25, 0.3) is 5.82 Å². The molecule has 3 rings (SSSR count). The number of anilines is 2. The number of carboxylic acids is 1. The van der Waals surface area contributed by atoms with Crippen LogP contribution in [0.3, 0.4) is 0 Å². The predicted molar refractivity (Wildman–Crippen MR) is 93.0 cm³/mol. The molecule has 1 amide bonds. The predicted octanol–water partition coefficient (Wildman–Crippen LogP) is -0.250. The van der Waals surface area contributed by atoms with E-state index in [1.807, 2.05) is 0 Å². The quantitative estimate of drug-likeness (QED) is 0.609. The van der Waals surface area contributed by atoms with Crippen molar-refractivity contribution in [1.82, 2.24) is 0 Å². The first-order chi connectivity index (χ1) is 11.9. The summed E-state index contributed by atoms with van der Waals surface area (Å²) in [6.07, 6.45) is -0.807. The molecule has 25 heavy (non-hydrogen) atoms. The van der Waals surface area contributed by atoms with E-state index < -0.39 is 12.3 Å². The number of carbonyl (C=O) groups is 2. The highest BCUT2D eigenvalue weighted by molar-refractivity contribution is 5.94. The second kappa shape index (κ2) is 6.25. The van der Waals surface area contributed by atoms with E-state index in [-0.39, 0.29) is 17.3 Å². The van der Waals surface area contributed by atoms with Crippen LogP contribution in [-0.4, -0.2) is 23.3 Å². The van der Waals surface area contributed by atoms with E-state index in [1.165, 1.54) is 19.1 Å². The number of hydrogen-bond acceptors (Lipinski definition) is 6. The summed E-state index contributed by atoms with van der Waals surface area (Å²) in [4.78, 5) is 28.6. The van der Waals surface area contributed by atoms with Crippen molar-refractivity contribution in [3.8, 4) is 0 Å². The Labute approximate surface area is 143 Å². The standard InChI is InChI=1S/C17H17N5O3/c1-9(23)20-13-4-2-3-5-14(13)22-15(18)11-8-10(16(24)25)6-7-12(11)21-17(22)19/h2-8,17H,18-19H2,1H3,(H,20,23)(H,24,25). The van der Waals surface area contributed by atoms with Crippen LogP contribution in [0.5, 0.6) is 0 Å². The molecule has 2 aromatic carbocycles. The van der Waals surface area contributed by atoms with Gasteiger partial charge in [-0.2, -0.15) is 0 Å². The average Bonchev–Trinajstić information content (AvgIpc) is 2.55. The molecule has 1 unspecified atom stereocenters. The van der Waals surface area contributed by atoms with Crippen LogP contribution in [0.2, 0.25) is 0 Å². The Morgan fingerprint density at radius 2 is 1.96 bits per heavy atom. The molecule has 0 bridgehead atoms.